The number of carbonyl (C=O) groups is 1. The highest BCUT2D eigenvalue weighted by molar-refractivity contribution is 6.21. The number of alkyl halides is 3. The van der Waals surface area contributed by atoms with Gasteiger partial charge in [-0.05, 0) is 29.7 Å². The summed E-state index contributed by atoms with van der Waals surface area (Å²) in [7, 11) is 0. The molecule has 3 N–H and O–H groups in total. The number of hydrogen-bond donors (Lipinski definition) is 3. The van der Waals surface area contributed by atoms with Gasteiger partial charge in [-0.15, -0.1) is 16.7 Å². The number of fused-ring (bicyclic) bond motifs is 2. The van der Waals surface area contributed by atoms with Crippen molar-refractivity contribution >= 4 is 29.0 Å². The van der Waals surface area contributed by atoms with E-state index in [4.69, 9.17) is 11.6 Å². The lowest BCUT2D eigenvalue weighted by Crippen LogP contribution is -2.55. The summed E-state index contributed by atoms with van der Waals surface area (Å²) in [6, 6.07) is -0.519. The number of amides is 1. The average Bonchev–Trinajstić information content (AvgIpc) is 3.26. The molecule has 0 radical (unpaired) electrons. The fraction of sp³-hybridized carbons (Fsp3) is 0.600. The van der Waals surface area contributed by atoms with Gasteiger partial charge in [-0.3, -0.25) is 20.6 Å². The van der Waals surface area contributed by atoms with Crippen molar-refractivity contribution in [3.05, 3.63) is 30.6 Å². The Kier molecular flexibility index (Phi) is 5.22. The summed E-state index contributed by atoms with van der Waals surface area (Å²) in [6.07, 6.45) is 4.26. The predicted molar refractivity (Wildman–Crippen MR) is 116 cm³/mol. The minimum absolute atomic E-state index is 0.0255. The Hall–Kier alpha value is -2.77. The summed E-state index contributed by atoms with van der Waals surface area (Å²) in [4.78, 5) is 20.9. The van der Waals surface area contributed by atoms with Crippen molar-refractivity contribution in [2.75, 3.05) is 11.9 Å². The van der Waals surface area contributed by atoms with Gasteiger partial charge in [0.05, 0.1) is 35.4 Å². The third-order valence-electron chi connectivity index (χ3n) is 7.30. The first kappa shape index (κ1) is 21.7. The molecule has 3 fully saturated rings. The lowest BCUT2D eigenvalue weighted by Gasteiger charge is -2.45. The number of nitrogens with one attached hydrogen (secondary N) is 3. The van der Waals surface area contributed by atoms with Gasteiger partial charge < -0.3 is 9.72 Å². The molecule has 14 heteroatoms. The maximum absolute atomic E-state index is 15.8. The Morgan fingerprint density at radius 3 is 2.91 bits per heavy atom. The van der Waals surface area contributed by atoms with E-state index < -0.39 is 29.6 Å². The normalized spacial score (nSPS) is 35.8. The molecule has 3 aromatic heterocycles. The number of rotatable bonds is 5. The maximum Gasteiger partial charge on any atom is 0.231 e. The second-order valence-electron chi connectivity index (χ2n) is 9.29. The first-order chi connectivity index (χ1) is 16.4. The van der Waals surface area contributed by atoms with Crippen LogP contribution in [0.2, 0.25) is 0 Å². The molecule has 0 bridgehead atoms. The van der Waals surface area contributed by atoms with E-state index in [9.17, 15) is 9.18 Å². The molecule has 11 nitrogen and oxygen atoms in total. The summed E-state index contributed by atoms with van der Waals surface area (Å²) in [6.45, 7) is 2.48. The Morgan fingerprint density at radius 1 is 1.35 bits per heavy atom. The molecule has 1 amide bonds. The van der Waals surface area contributed by atoms with E-state index in [1.807, 2.05) is 6.92 Å². The Morgan fingerprint density at radius 2 is 2.18 bits per heavy atom. The van der Waals surface area contributed by atoms with Gasteiger partial charge in [-0.25, -0.2) is 18.4 Å². The van der Waals surface area contributed by atoms with Crippen LogP contribution in [0.3, 0.4) is 0 Å². The average molecular weight is 493 g/mol. The van der Waals surface area contributed by atoms with Crippen LogP contribution in [0.25, 0.3) is 5.65 Å². The molecular formula is C20H23ClF2N10O. The summed E-state index contributed by atoms with van der Waals surface area (Å²) >= 11 is 6.77. The van der Waals surface area contributed by atoms with Crippen LogP contribution in [0.15, 0.2) is 24.9 Å². The Bertz CT molecular complexity index is 1210. The van der Waals surface area contributed by atoms with Crippen molar-refractivity contribution in [2.24, 2.45) is 17.8 Å². The van der Waals surface area contributed by atoms with Crippen molar-refractivity contribution in [1.29, 1.82) is 0 Å². The minimum atomic E-state index is -1.35. The van der Waals surface area contributed by atoms with Crippen molar-refractivity contribution in [1.82, 2.24) is 45.4 Å². The number of anilines is 1. The highest BCUT2D eigenvalue weighted by atomic mass is 35.5. The molecule has 0 aromatic carbocycles. The van der Waals surface area contributed by atoms with Crippen LogP contribution >= 0.6 is 11.6 Å². The van der Waals surface area contributed by atoms with E-state index in [2.05, 4.69) is 41.7 Å². The summed E-state index contributed by atoms with van der Waals surface area (Å²) in [5, 5.41) is 13.1. The predicted octanol–water partition coefficient (Wildman–Crippen LogP) is 1.02. The summed E-state index contributed by atoms with van der Waals surface area (Å²) in [5.41, 5.74) is 7.53. The van der Waals surface area contributed by atoms with Gasteiger partial charge in [0.15, 0.2) is 11.5 Å². The van der Waals surface area contributed by atoms with Crippen LogP contribution in [0, 0.1) is 17.8 Å². The van der Waals surface area contributed by atoms with Crippen molar-refractivity contribution < 1.29 is 13.6 Å². The number of hydrazine groups is 1. The van der Waals surface area contributed by atoms with Gasteiger partial charge in [0, 0.05) is 30.6 Å². The maximum atomic E-state index is 15.8. The lowest BCUT2D eigenvalue weighted by atomic mass is 9.67. The molecule has 9 atom stereocenters. The van der Waals surface area contributed by atoms with E-state index in [0.717, 1.165) is 0 Å². The zero-order chi connectivity index (χ0) is 23.6. The Labute approximate surface area is 197 Å². The van der Waals surface area contributed by atoms with Gasteiger partial charge in [-0.1, -0.05) is 0 Å². The van der Waals surface area contributed by atoms with Crippen molar-refractivity contribution in [3.8, 4) is 0 Å². The van der Waals surface area contributed by atoms with E-state index in [0.29, 0.717) is 23.7 Å². The van der Waals surface area contributed by atoms with Crippen molar-refractivity contribution in [2.45, 2.75) is 49.1 Å². The number of imidazole rings is 1. The number of tetrazole rings is 1. The zero-order valence-electron chi connectivity index (χ0n) is 18.1. The lowest BCUT2D eigenvalue weighted by molar-refractivity contribution is -0.117. The smallest absolute Gasteiger partial charge is 0.231 e. The monoisotopic (exact) mass is 492 g/mol. The van der Waals surface area contributed by atoms with Gasteiger partial charge >= 0.3 is 0 Å². The molecule has 3 aliphatic rings. The summed E-state index contributed by atoms with van der Waals surface area (Å²) in [5.74, 6) is -1.53. The molecular weight excluding hydrogens is 470 g/mol. The van der Waals surface area contributed by atoms with E-state index in [1.165, 1.54) is 6.33 Å². The number of halogens is 3. The van der Waals surface area contributed by atoms with Gasteiger partial charge in [0.1, 0.15) is 18.7 Å². The van der Waals surface area contributed by atoms with Crippen LogP contribution in [0.5, 0.6) is 0 Å². The molecule has 3 aromatic rings. The fourth-order valence-electron chi connectivity index (χ4n) is 5.39. The van der Waals surface area contributed by atoms with Crippen LogP contribution in [0.4, 0.5) is 14.6 Å². The molecule has 34 heavy (non-hydrogen) atoms. The molecule has 6 rings (SSSR count). The molecule has 180 valence electrons. The summed E-state index contributed by atoms with van der Waals surface area (Å²) < 4.78 is 32.3. The quantitative estimate of drug-likeness (QED) is 0.451. The zero-order valence-corrected chi connectivity index (χ0v) is 18.8. The van der Waals surface area contributed by atoms with E-state index in [1.54, 1.807) is 27.7 Å². The number of carbonyl (C=O) groups excluding carboxylic acids is 1. The second-order valence-corrected chi connectivity index (χ2v) is 9.79. The number of hydrogen-bond acceptors (Lipinski definition) is 8. The highest BCUT2D eigenvalue weighted by Gasteiger charge is 2.55. The minimum Gasteiger partial charge on any atom is -0.309 e. The molecule has 1 saturated heterocycles. The Balaban J connectivity index is 1.28. The first-order valence-electron chi connectivity index (χ1n) is 11.2. The van der Waals surface area contributed by atoms with Crippen LogP contribution in [-0.2, 0) is 4.79 Å². The SMILES string of the molecule is C[C@H](C1C(F)C(Cl)C(c2cn3cc(NC(=O)[C@@H]4C[C@@H]4F)nc3cn2)C2CNNC21)n1cnnn1. The number of nitrogens with zero attached hydrogens (tertiary/aromatic N) is 7. The van der Waals surface area contributed by atoms with E-state index in [-0.39, 0.29) is 36.2 Å². The van der Waals surface area contributed by atoms with E-state index >= 15 is 4.39 Å². The van der Waals surface area contributed by atoms with Crippen LogP contribution in [0.1, 0.15) is 31.0 Å². The van der Waals surface area contributed by atoms with Crippen LogP contribution in [-0.4, -0.2) is 70.8 Å². The standard InChI is InChI=1S/C20H23ClF2N10O/c1-8(33-7-26-30-31-33)15-18(23)17(21)16(10-3-25-29-19(10)15)12-5-32-6-13(27-14(32)4-24-12)28-20(34)9-2-11(9)22/h4-11,15-19,25,29H,2-3H2,1H3,(H,28,34)/t8-,9-,10?,11+,15?,16?,17?,18?,19?/m1/s1. The topological polar surface area (TPSA) is 127 Å². The fourth-order valence-corrected chi connectivity index (χ4v) is 5.87. The van der Waals surface area contributed by atoms with Gasteiger partial charge in [0.2, 0.25) is 5.91 Å². The molecule has 4 heterocycles. The second kappa shape index (κ2) is 8.17. The van der Waals surface area contributed by atoms with Crippen molar-refractivity contribution in [3.63, 3.8) is 0 Å². The molecule has 2 saturated carbocycles. The third-order valence-corrected chi connectivity index (χ3v) is 7.81. The molecule has 2 aliphatic carbocycles. The van der Waals surface area contributed by atoms with Gasteiger partial charge in [-0.2, -0.15) is 0 Å². The highest BCUT2D eigenvalue weighted by Crippen LogP contribution is 2.48. The first-order valence-corrected chi connectivity index (χ1v) is 11.6. The molecule has 1 aliphatic heterocycles. The largest absolute Gasteiger partial charge is 0.309 e. The van der Waals surface area contributed by atoms with Gasteiger partial charge in [0.25, 0.3) is 0 Å². The number of aromatic nitrogens is 7. The van der Waals surface area contributed by atoms with Crippen LogP contribution < -0.4 is 16.2 Å². The molecule has 6 unspecified atom stereocenters. The molecule has 0 spiro atoms. The third kappa shape index (κ3) is 3.53.